The molecule has 1 aliphatic heterocycles. The van der Waals surface area contributed by atoms with Gasteiger partial charge in [-0.15, -0.1) is 0 Å². The lowest BCUT2D eigenvalue weighted by Gasteiger charge is -2.32. The number of hydrogen-bond acceptors (Lipinski definition) is 4. The number of aromatic hydroxyl groups is 3. The number of para-hydroxylation sites is 1. The molecule has 104 valence electrons. The van der Waals surface area contributed by atoms with Crippen LogP contribution in [0, 0.1) is 5.92 Å². The number of fused-ring (bicyclic) bond motifs is 1. The van der Waals surface area contributed by atoms with Gasteiger partial charge in [0, 0.05) is 11.5 Å². The second-order valence-electron chi connectivity index (χ2n) is 5.24. The maximum absolute atomic E-state index is 9.63. The highest BCUT2D eigenvalue weighted by molar-refractivity contribution is 5.52. The molecule has 0 unspecified atom stereocenters. The van der Waals surface area contributed by atoms with Crippen LogP contribution in [0.25, 0.3) is 0 Å². The maximum Gasteiger partial charge on any atom is 0.200 e. The minimum absolute atomic E-state index is 0.202. The molecule has 0 radical (unpaired) electrons. The first-order chi connectivity index (χ1) is 9.56. The molecular weight excluding hydrogens is 256 g/mol. The van der Waals surface area contributed by atoms with E-state index in [-0.39, 0.29) is 23.5 Å². The van der Waals surface area contributed by atoms with Gasteiger partial charge in [-0.2, -0.15) is 0 Å². The molecular formula is C16H16O4. The van der Waals surface area contributed by atoms with E-state index < -0.39 is 5.75 Å². The van der Waals surface area contributed by atoms with Crippen molar-refractivity contribution in [3.05, 3.63) is 47.5 Å². The number of hydrogen-bond donors (Lipinski definition) is 3. The van der Waals surface area contributed by atoms with Crippen LogP contribution in [0.5, 0.6) is 23.0 Å². The second-order valence-corrected chi connectivity index (χ2v) is 5.24. The highest BCUT2D eigenvalue weighted by atomic mass is 16.5. The van der Waals surface area contributed by atoms with Crippen LogP contribution >= 0.6 is 0 Å². The predicted octanol–water partition coefficient (Wildman–Crippen LogP) is 3.12. The first kappa shape index (κ1) is 12.7. The standard InChI is InChI=1S/C16H16O4/c1-9-6-10-4-2-3-5-14(10)20-16(9)11-7-12(17)15(19)13(18)8-11/h2-5,7-9,16-19H,6H2,1H3/t9-,16+/m1/s1. The number of rotatable bonds is 1. The van der Waals surface area contributed by atoms with Crippen LogP contribution in [0.15, 0.2) is 36.4 Å². The van der Waals surface area contributed by atoms with Gasteiger partial charge in [0.1, 0.15) is 11.9 Å². The van der Waals surface area contributed by atoms with E-state index in [2.05, 4.69) is 6.92 Å². The number of benzene rings is 2. The molecule has 1 aliphatic rings. The molecule has 0 bridgehead atoms. The number of phenolic OH excluding ortho intramolecular Hbond substituents is 3. The molecule has 0 aliphatic carbocycles. The summed E-state index contributed by atoms with van der Waals surface area (Å²) in [6, 6.07) is 10.7. The van der Waals surface area contributed by atoms with Crippen molar-refractivity contribution < 1.29 is 20.1 Å². The molecule has 0 saturated heterocycles. The fraction of sp³-hybridized carbons (Fsp3) is 0.250. The van der Waals surface area contributed by atoms with Crippen molar-refractivity contribution >= 4 is 0 Å². The molecule has 20 heavy (non-hydrogen) atoms. The van der Waals surface area contributed by atoms with Gasteiger partial charge in [0.05, 0.1) is 0 Å². The van der Waals surface area contributed by atoms with Gasteiger partial charge < -0.3 is 20.1 Å². The van der Waals surface area contributed by atoms with Gasteiger partial charge >= 0.3 is 0 Å². The molecule has 3 N–H and O–H groups in total. The largest absolute Gasteiger partial charge is 0.504 e. The van der Waals surface area contributed by atoms with Gasteiger partial charge in [-0.3, -0.25) is 0 Å². The first-order valence-electron chi connectivity index (χ1n) is 6.55. The topological polar surface area (TPSA) is 69.9 Å². The summed E-state index contributed by atoms with van der Waals surface area (Å²) in [4.78, 5) is 0. The molecule has 3 rings (SSSR count). The minimum atomic E-state index is -0.502. The Morgan fingerprint density at radius 1 is 1.05 bits per heavy atom. The summed E-state index contributed by atoms with van der Waals surface area (Å²) in [6.45, 7) is 2.06. The maximum atomic E-state index is 9.63. The van der Waals surface area contributed by atoms with Crippen molar-refractivity contribution in [2.45, 2.75) is 19.4 Å². The average molecular weight is 272 g/mol. The van der Waals surface area contributed by atoms with Gasteiger partial charge in [0.2, 0.25) is 0 Å². The van der Waals surface area contributed by atoms with Crippen molar-refractivity contribution in [2.24, 2.45) is 5.92 Å². The van der Waals surface area contributed by atoms with Crippen LogP contribution in [0.3, 0.4) is 0 Å². The summed E-state index contributed by atoms with van der Waals surface area (Å²) in [7, 11) is 0. The van der Waals surface area contributed by atoms with Gasteiger partial charge in [0.25, 0.3) is 0 Å². The summed E-state index contributed by atoms with van der Waals surface area (Å²) in [5, 5.41) is 28.7. The quantitative estimate of drug-likeness (QED) is 0.698. The van der Waals surface area contributed by atoms with E-state index in [1.165, 1.54) is 12.1 Å². The van der Waals surface area contributed by atoms with Gasteiger partial charge in [-0.25, -0.2) is 0 Å². The molecule has 0 saturated carbocycles. The van der Waals surface area contributed by atoms with Gasteiger partial charge in [-0.1, -0.05) is 25.1 Å². The molecule has 0 aromatic heterocycles. The normalized spacial score (nSPS) is 21.1. The lowest BCUT2D eigenvalue weighted by atomic mass is 9.88. The summed E-state index contributed by atoms with van der Waals surface area (Å²) in [5.41, 5.74) is 1.81. The molecule has 2 aromatic rings. The Hall–Kier alpha value is -2.36. The van der Waals surface area contributed by atoms with E-state index in [9.17, 15) is 15.3 Å². The molecule has 2 atom stereocenters. The van der Waals surface area contributed by atoms with E-state index in [1.807, 2.05) is 24.3 Å². The third-order valence-electron chi connectivity index (χ3n) is 3.71. The highest BCUT2D eigenvalue weighted by Crippen LogP contribution is 2.43. The summed E-state index contributed by atoms with van der Waals surface area (Å²) < 4.78 is 5.98. The first-order valence-corrected chi connectivity index (χ1v) is 6.55. The van der Waals surface area contributed by atoms with Crippen molar-refractivity contribution in [3.63, 3.8) is 0 Å². The van der Waals surface area contributed by atoms with Crippen molar-refractivity contribution in [3.8, 4) is 23.0 Å². The monoisotopic (exact) mass is 272 g/mol. The van der Waals surface area contributed by atoms with E-state index in [0.29, 0.717) is 5.56 Å². The van der Waals surface area contributed by atoms with Crippen LogP contribution in [0.1, 0.15) is 24.2 Å². The summed E-state index contributed by atoms with van der Waals surface area (Å²) in [6.07, 6.45) is 0.603. The fourth-order valence-electron chi connectivity index (χ4n) is 2.68. The molecule has 2 aromatic carbocycles. The van der Waals surface area contributed by atoms with E-state index >= 15 is 0 Å². The van der Waals surface area contributed by atoms with Crippen LogP contribution in [-0.2, 0) is 6.42 Å². The van der Waals surface area contributed by atoms with Crippen molar-refractivity contribution in [1.29, 1.82) is 0 Å². The Kier molecular flexibility index (Phi) is 2.93. The third-order valence-corrected chi connectivity index (χ3v) is 3.71. The zero-order chi connectivity index (χ0) is 14.3. The van der Waals surface area contributed by atoms with Crippen molar-refractivity contribution in [2.75, 3.05) is 0 Å². The third kappa shape index (κ3) is 2.03. The zero-order valence-corrected chi connectivity index (χ0v) is 11.1. The predicted molar refractivity (Wildman–Crippen MR) is 74.1 cm³/mol. The van der Waals surface area contributed by atoms with Crippen LogP contribution < -0.4 is 4.74 Å². The van der Waals surface area contributed by atoms with E-state index in [1.54, 1.807) is 0 Å². The van der Waals surface area contributed by atoms with Crippen LogP contribution in [-0.4, -0.2) is 15.3 Å². The van der Waals surface area contributed by atoms with E-state index in [4.69, 9.17) is 4.74 Å². The molecule has 1 heterocycles. The lowest BCUT2D eigenvalue weighted by Crippen LogP contribution is -2.23. The minimum Gasteiger partial charge on any atom is -0.504 e. The smallest absolute Gasteiger partial charge is 0.200 e. The lowest BCUT2D eigenvalue weighted by molar-refractivity contribution is 0.123. The molecule has 0 amide bonds. The Bertz CT molecular complexity index is 628. The Morgan fingerprint density at radius 2 is 1.70 bits per heavy atom. The van der Waals surface area contributed by atoms with Crippen LogP contribution in [0.4, 0.5) is 0 Å². The number of ether oxygens (including phenoxy) is 1. The van der Waals surface area contributed by atoms with Gasteiger partial charge in [-0.05, 0) is 30.2 Å². The Balaban J connectivity index is 1.99. The van der Waals surface area contributed by atoms with Crippen LogP contribution in [0.2, 0.25) is 0 Å². The summed E-state index contributed by atoms with van der Waals surface area (Å²) in [5.74, 6) is -0.155. The zero-order valence-electron chi connectivity index (χ0n) is 11.1. The highest BCUT2D eigenvalue weighted by Gasteiger charge is 2.29. The van der Waals surface area contributed by atoms with Gasteiger partial charge in [0.15, 0.2) is 17.2 Å². The average Bonchev–Trinajstić information content (AvgIpc) is 2.43. The molecule has 4 heteroatoms. The molecule has 4 nitrogen and oxygen atoms in total. The Morgan fingerprint density at radius 3 is 2.40 bits per heavy atom. The van der Waals surface area contributed by atoms with E-state index in [0.717, 1.165) is 17.7 Å². The fourth-order valence-corrected chi connectivity index (χ4v) is 2.68. The molecule has 0 spiro atoms. The Labute approximate surface area is 116 Å². The number of phenols is 3. The SMILES string of the molecule is C[C@@H]1Cc2ccccc2O[C@@H]1c1cc(O)c(O)c(O)c1. The molecule has 0 fully saturated rings. The van der Waals surface area contributed by atoms with Crippen molar-refractivity contribution in [1.82, 2.24) is 0 Å². The summed E-state index contributed by atoms with van der Waals surface area (Å²) >= 11 is 0. The second kappa shape index (κ2) is 4.63.